The molecule has 0 aromatic carbocycles. The van der Waals surface area contributed by atoms with Gasteiger partial charge in [-0.3, -0.25) is 0 Å². The molecule has 0 aliphatic carbocycles. The Balaban J connectivity index is 2.28. The predicted octanol–water partition coefficient (Wildman–Crippen LogP) is 1.90. The quantitative estimate of drug-likeness (QED) is 0.597. The van der Waals surface area contributed by atoms with Crippen molar-refractivity contribution in [1.29, 1.82) is 0 Å². The second kappa shape index (κ2) is 5.55. The highest BCUT2D eigenvalue weighted by Gasteiger charge is 2.09. The third-order valence-corrected chi connectivity index (χ3v) is 2.45. The van der Waals surface area contributed by atoms with Crippen molar-refractivity contribution in [1.82, 2.24) is 4.90 Å². The molecule has 1 aliphatic rings. The Morgan fingerprint density at radius 3 is 2.42 bits per heavy atom. The summed E-state index contributed by atoms with van der Waals surface area (Å²) in [6.45, 7) is 8.92. The molecule has 0 amide bonds. The zero-order valence-electron chi connectivity index (χ0n) is 8.38. The summed E-state index contributed by atoms with van der Waals surface area (Å²) in [5, 5.41) is 0. The van der Waals surface area contributed by atoms with Crippen LogP contribution in [0.1, 0.15) is 33.1 Å². The molecule has 0 atom stereocenters. The predicted molar refractivity (Wildman–Crippen MR) is 51.4 cm³/mol. The fourth-order valence-corrected chi connectivity index (χ4v) is 1.62. The van der Waals surface area contributed by atoms with E-state index < -0.39 is 0 Å². The smallest absolute Gasteiger partial charge is 0.0478 e. The van der Waals surface area contributed by atoms with Gasteiger partial charge in [-0.05, 0) is 39.7 Å². The molecular formula is C10H21NO. The lowest BCUT2D eigenvalue weighted by molar-refractivity contribution is 0.128. The van der Waals surface area contributed by atoms with E-state index in [0.717, 1.165) is 13.2 Å². The van der Waals surface area contributed by atoms with Crippen molar-refractivity contribution in [3.63, 3.8) is 0 Å². The van der Waals surface area contributed by atoms with Crippen molar-refractivity contribution in [3.05, 3.63) is 0 Å². The van der Waals surface area contributed by atoms with Crippen molar-refractivity contribution < 1.29 is 4.74 Å². The lowest BCUT2D eigenvalue weighted by Gasteiger charge is -2.25. The van der Waals surface area contributed by atoms with Gasteiger partial charge in [-0.15, -0.1) is 0 Å². The number of rotatable bonds is 1. The second-order valence-corrected chi connectivity index (χ2v) is 3.80. The summed E-state index contributed by atoms with van der Waals surface area (Å²) < 4.78 is 5.46. The van der Waals surface area contributed by atoms with Crippen molar-refractivity contribution in [3.8, 4) is 0 Å². The summed E-state index contributed by atoms with van der Waals surface area (Å²) in [6.07, 6.45) is 3.71. The monoisotopic (exact) mass is 171 g/mol. The van der Waals surface area contributed by atoms with Crippen LogP contribution in [0.2, 0.25) is 0 Å². The minimum absolute atomic E-state index is 0.697. The van der Waals surface area contributed by atoms with E-state index in [-0.39, 0.29) is 0 Å². The molecule has 1 heterocycles. The van der Waals surface area contributed by atoms with Gasteiger partial charge < -0.3 is 9.64 Å². The summed E-state index contributed by atoms with van der Waals surface area (Å²) in [6, 6.07) is 0.697. The van der Waals surface area contributed by atoms with Crippen LogP contribution in [-0.4, -0.2) is 37.2 Å². The first-order chi connectivity index (χ1) is 5.80. The van der Waals surface area contributed by atoms with Gasteiger partial charge in [-0.1, -0.05) is 0 Å². The van der Waals surface area contributed by atoms with E-state index in [1.165, 1.54) is 32.4 Å². The zero-order valence-corrected chi connectivity index (χ0v) is 8.38. The molecule has 2 nitrogen and oxygen atoms in total. The van der Waals surface area contributed by atoms with Gasteiger partial charge in [-0.2, -0.15) is 0 Å². The third-order valence-electron chi connectivity index (χ3n) is 2.45. The van der Waals surface area contributed by atoms with Gasteiger partial charge >= 0.3 is 0 Å². The molecule has 1 rings (SSSR count). The van der Waals surface area contributed by atoms with E-state index in [1.54, 1.807) is 0 Å². The lowest BCUT2D eigenvalue weighted by atomic mass is 10.2. The maximum Gasteiger partial charge on any atom is 0.0478 e. The van der Waals surface area contributed by atoms with Gasteiger partial charge in [0.2, 0.25) is 0 Å². The molecule has 0 aromatic heterocycles. The first-order valence-corrected chi connectivity index (χ1v) is 5.12. The van der Waals surface area contributed by atoms with Gasteiger partial charge in [0, 0.05) is 25.8 Å². The molecular weight excluding hydrogens is 150 g/mol. The highest BCUT2D eigenvalue weighted by molar-refractivity contribution is 4.63. The summed E-state index contributed by atoms with van der Waals surface area (Å²) in [4.78, 5) is 2.55. The van der Waals surface area contributed by atoms with Crippen molar-refractivity contribution in [2.45, 2.75) is 39.2 Å². The first kappa shape index (κ1) is 10.0. The van der Waals surface area contributed by atoms with Crippen LogP contribution < -0.4 is 0 Å². The maximum absolute atomic E-state index is 5.46. The van der Waals surface area contributed by atoms with E-state index in [2.05, 4.69) is 18.7 Å². The highest BCUT2D eigenvalue weighted by atomic mass is 16.5. The molecule has 0 radical (unpaired) electrons. The summed E-state index contributed by atoms with van der Waals surface area (Å²) >= 11 is 0. The Hall–Kier alpha value is -0.0800. The molecule has 1 aliphatic heterocycles. The van der Waals surface area contributed by atoms with Crippen LogP contribution in [0, 0.1) is 0 Å². The van der Waals surface area contributed by atoms with Crippen LogP contribution in [0.3, 0.4) is 0 Å². The average Bonchev–Trinajstić information content (AvgIpc) is 2.15. The van der Waals surface area contributed by atoms with Gasteiger partial charge in [-0.25, -0.2) is 0 Å². The lowest BCUT2D eigenvalue weighted by Crippen LogP contribution is -2.32. The largest absolute Gasteiger partial charge is 0.381 e. The molecule has 0 saturated carbocycles. The van der Waals surface area contributed by atoms with Crippen LogP contribution >= 0.6 is 0 Å². The van der Waals surface area contributed by atoms with E-state index in [9.17, 15) is 0 Å². The van der Waals surface area contributed by atoms with Crippen molar-refractivity contribution in [2.75, 3.05) is 26.3 Å². The van der Waals surface area contributed by atoms with Crippen LogP contribution in [0.4, 0.5) is 0 Å². The summed E-state index contributed by atoms with van der Waals surface area (Å²) in [5.74, 6) is 0. The maximum atomic E-state index is 5.46. The molecule has 1 fully saturated rings. The number of nitrogens with zero attached hydrogens (tertiary/aromatic N) is 1. The Morgan fingerprint density at radius 1 is 1.00 bits per heavy atom. The molecule has 0 spiro atoms. The SMILES string of the molecule is CC(C)N1CCCCOCCC1. The van der Waals surface area contributed by atoms with Crippen LogP contribution in [0.5, 0.6) is 0 Å². The highest BCUT2D eigenvalue weighted by Crippen LogP contribution is 2.05. The van der Waals surface area contributed by atoms with Crippen molar-refractivity contribution >= 4 is 0 Å². The molecule has 0 N–H and O–H groups in total. The van der Waals surface area contributed by atoms with Crippen LogP contribution in [0.15, 0.2) is 0 Å². The standard InChI is InChI=1S/C10H21NO/c1-10(2)11-6-3-4-8-12-9-5-7-11/h10H,3-9H2,1-2H3. The fraction of sp³-hybridized carbons (Fsp3) is 1.00. The Bertz CT molecular complexity index is 104. The van der Waals surface area contributed by atoms with Gasteiger partial charge in [0.25, 0.3) is 0 Å². The van der Waals surface area contributed by atoms with E-state index in [4.69, 9.17) is 4.74 Å². The van der Waals surface area contributed by atoms with Gasteiger partial charge in [0.15, 0.2) is 0 Å². The second-order valence-electron chi connectivity index (χ2n) is 3.80. The Morgan fingerprint density at radius 2 is 1.67 bits per heavy atom. The number of hydrogen-bond acceptors (Lipinski definition) is 2. The van der Waals surface area contributed by atoms with E-state index >= 15 is 0 Å². The zero-order chi connectivity index (χ0) is 8.81. The number of hydrogen-bond donors (Lipinski definition) is 0. The molecule has 2 heteroatoms. The Kier molecular flexibility index (Phi) is 4.62. The molecule has 12 heavy (non-hydrogen) atoms. The normalized spacial score (nSPS) is 23.2. The molecule has 0 unspecified atom stereocenters. The minimum Gasteiger partial charge on any atom is -0.381 e. The Labute approximate surface area is 75.9 Å². The molecule has 0 aromatic rings. The van der Waals surface area contributed by atoms with E-state index in [0.29, 0.717) is 6.04 Å². The summed E-state index contributed by atoms with van der Waals surface area (Å²) in [7, 11) is 0. The fourth-order valence-electron chi connectivity index (χ4n) is 1.62. The third kappa shape index (κ3) is 3.55. The van der Waals surface area contributed by atoms with Crippen LogP contribution in [0.25, 0.3) is 0 Å². The minimum atomic E-state index is 0.697. The number of ether oxygens (including phenoxy) is 1. The molecule has 72 valence electrons. The average molecular weight is 171 g/mol. The topological polar surface area (TPSA) is 12.5 Å². The molecule has 1 saturated heterocycles. The van der Waals surface area contributed by atoms with E-state index in [1.807, 2.05) is 0 Å². The summed E-state index contributed by atoms with van der Waals surface area (Å²) in [5.41, 5.74) is 0. The van der Waals surface area contributed by atoms with Gasteiger partial charge in [0.1, 0.15) is 0 Å². The van der Waals surface area contributed by atoms with Crippen LogP contribution in [-0.2, 0) is 4.74 Å². The first-order valence-electron chi connectivity index (χ1n) is 5.12. The van der Waals surface area contributed by atoms with Gasteiger partial charge in [0.05, 0.1) is 0 Å². The van der Waals surface area contributed by atoms with Crippen molar-refractivity contribution in [2.24, 2.45) is 0 Å². The molecule has 0 bridgehead atoms.